The quantitative estimate of drug-likeness (QED) is 0.270. The van der Waals surface area contributed by atoms with Crippen LogP contribution in [0.25, 0.3) is 10.9 Å². The van der Waals surface area contributed by atoms with Gasteiger partial charge in [0.05, 0.1) is 12.1 Å². The molecule has 0 radical (unpaired) electrons. The summed E-state index contributed by atoms with van der Waals surface area (Å²) in [6.07, 6.45) is 2.59. The smallest absolute Gasteiger partial charge is 0.415 e. The highest BCUT2D eigenvalue weighted by molar-refractivity contribution is 5.90. The van der Waals surface area contributed by atoms with E-state index in [2.05, 4.69) is 0 Å². The number of rotatable bonds is 4. The van der Waals surface area contributed by atoms with E-state index in [1.165, 1.54) is 4.57 Å². The van der Waals surface area contributed by atoms with Crippen LogP contribution in [0.3, 0.4) is 0 Å². The Hall–Kier alpha value is -3.69. The predicted molar refractivity (Wildman–Crippen MR) is 125 cm³/mol. The highest BCUT2D eigenvalue weighted by Gasteiger charge is 2.47. The summed E-state index contributed by atoms with van der Waals surface area (Å²) in [4.78, 5) is 32.4. The molecule has 2 aliphatic rings. The summed E-state index contributed by atoms with van der Waals surface area (Å²) < 4.78 is 64.5. The Labute approximate surface area is 210 Å². The molecule has 196 valence electrons. The lowest BCUT2D eigenvalue weighted by atomic mass is 9.91. The van der Waals surface area contributed by atoms with Crippen molar-refractivity contribution in [3.63, 3.8) is 0 Å². The number of likely N-dealkylation sites (tertiary alicyclic amines) is 1. The van der Waals surface area contributed by atoms with Gasteiger partial charge >= 0.3 is 12.2 Å². The summed E-state index contributed by atoms with van der Waals surface area (Å²) in [5.41, 5.74) is 0.296. The second kappa shape index (κ2) is 10.4. The molecular formula is C26H25F4N3O4. The van der Waals surface area contributed by atoms with E-state index in [1.54, 1.807) is 24.9 Å². The van der Waals surface area contributed by atoms with Crippen LogP contribution in [0.4, 0.5) is 28.0 Å². The number of carbonyl (C=O) groups is 1. The van der Waals surface area contributed by atoms with Crippen molar-refractivity contribution in [2.45, 2.75) is 44.9 Å². The zero-order chi connectivity index (χ0) is 26.9. The fourth-order valence-electron chi connectivity index (χ4n) is 5.03. The molecule has 3 heterocycles. The van der Waals surface area contributed by atoms with Crippen LogP contribution in [0.5, 0.6) is 0 Å². The lowest BCUT2D eigenvalue weighted by Gasteiger charge is -2.37. The summed E-state index contributed by atoms with van der Waals surface area (Å²) in [7, 11) is 0. The van der Waals surface area contributed by atoms with Gasteiger partial charge in [-0.15, -0.1) is 0 Å². The standard InChI is InChI=1S/C25H25F4N3O2.CO2/c1-15(2)31-13-16(18-19(26)20(27)21(28)22(29)23(18)31)12-30-10-8-25(9-11-30)14-32(24(33)34-25)17-6-4-3-5-7-17;2-1-3/h3-7,13,15H,8-12,14H2,1-2H3;. The number of fused-ring (bicyclic) bond motifs is 1. The van der Waals surface area contributed by atoms with E-state index in [4.69, 9.17) is 14.3 Å². The molecule has 7 nitrogen and oxygen atoms in total. The number of para-hydroxylation sites is 1. The van der Waals surface area contributed by atoms with E-state index < -0.39 is 28.9 Å². The van der Waals surface area contributed by atoms with Crippen molar-refractivity contribution in [2.75, 3.05) is 24.5 Å². The molecule has 1 spiro atoms. The summed E-state index contributed by atoms with van der Waals surface area (Å²) in [5.74, 6) is -6.36. The number of carbonyl (C=O) groups excluding carboxylic acids is 3. The second-order valence-corrected chi connectivity index (χ2v) is 9.47. The van der Waals surface area contributed by atoms with E-state index >= 15 is 0 Å². The van der Waals surface area contributed by atoms with Crippen molar-refractivity contribution in [1.82, 2.24) is 9.47 Å². The van der Waals surface area contributed by atoms with Crippen LogP contribution >= 0.6 is 0 Å². The van der Waals surface area contributed by atoms with Gasteiger partial charge in [-0.2, -0.15) is 9.59 Å². The number of hydrogen-bond acceptors (Lipinski definition) is 5. The van der Waals surface area contributed by atoms with Crippen molar-refractivity contribution >= 4 is 28.8 Å². The lowest BCUT2D eigenvalue weighted by molar-refractivity contribution is -0.191. The number of aromatic nitrogens is 1. The van der Waals surface area contributed by atoms with Crippen LogP contribution in [0.15, 0.2) is 36.5 Å². The van der Waals surface area contributed by atoms with Gasteiger partial charge in [-0.3, -0.25) is 9.80 Å². The number of amides is 1. The zero-order valence-corrected chi connectivity index (χ0v) is 20.3. The van der Waals surface area contributed by atoms with Crippen molar-refractivity contribution in [2.24, 2.45) is 0 Å². The number of nitrogens with zero attached hydrogens (tertiary/aromatic N) is 3. The van der Waals surface area contributed by atoms with E-state index in [1.807, 2.05) is 35.2 Å². The van der Waals surface area contributed by atoms with Crippen LogP contribution in [0.2, 0.25) is 0 Å². The Morgan fingerprint density at radius 2 is 1.57 bits per heavy atom. The van der Waals surface area contributed by atoms with Gasteiger partial charge in [0, 0.05) is 55.8 Å². The van der Waals surface area contributed by atoms with Crippen LogP contribution in [-0.2, 0) is 20.9 Å². The summed E-state index contributed by atoms with van der Waals surface area (Å²) in [6, 6.07) is 9.04. The molecule has 0 saturated carbocycles. The minimum absolute atomic E-state index is 0.229. The maximum absolute atomic E-state index is 14.7. The summed E-state index contributed by atoms with van der Waals surface area (Å²) >= 11 is 0. The van der Waals surface area contributed by atoms with Gasteiger partial charge < -0.3 is 9.30 Å². The van der Waals surface area contributed by atoms with Crippen molar-refractivity contribution in [1.29, 1.82) is 0 Å². The van der Waals surface area contributed by atoms with Gasteiger partial charge in [0.2, 0.25) is 0 Å². The largest absolute Gasteiger partial charge is 0.441 e. The van der Waals surface area contributed by atoms with Crippen LogP contribution in [0, 0.1) is 23.3 Å². The van der Waals surface area contributed by atoms with Gasteiger partial charge in [-0.05, 0) is 31.5 Å². The Bertz CT molecular complexity index is 1350. The molecular weight excluding hydrogens is 494 g/mol. The van der Waals surface area contributed by atoms with Crippen LogP contribution < -0.4 is 4.90 Å². The number of ether oxygens (including phenoxy) is 1. The maximum Gasteiger partial charge on any atom is 0.415 e. The lowest BCUT2D eigenvalue weighted by Crippen LogP contribution is -2.46. The molecule has 0 N–H and O–H groups in total. The molecule has 0 aliphatic carbocycles. The summed E-state index contributed by atoms with van der Waals surface area (Å²) in [5, 5.41) is -0.229. The van der Waals surface area contributed by atoms with Crippen molar-refractivity contribution < 1.29 is 36.7 Å². The van der Waals surface area contributed by atoms with E-state index in [0.29, 0.717) is 38.0 Å². The molecule has 11 heteroatoms. The highest BCUT2D eigenvalue weighted by Crippen LogP contribution is 2.38. The van der Waals surface area contributed by atoms with Gasteiger partial charge in [0.1, 0.15) is 5.60 Å². The monoisotopic (exact) mass is 519 g/mol. The average molecular weight is 519 g/mol. The first kappa shape index (κ1) is 26.4. The molecule has 0 atom stereocenters. The van der Waals surface area contributed by atoms with Crippen LogP contribution in [0.1, 0.15) is 38.3 Å². The molecule has 37 heavy (non-hydrogen) atoms. The highest BCUT2D eigenvalue weighted by atomic mass is 19.2. The average Bonchev–Trinajstić information content (AvgIpc) is 3.42. The fraction of sp³-hybridized carbons (Fsp3) is 0.385. The Morgan fingerprint density at radius 1 is 0.973 bits per heavy atom. The number of hydrogen-bond donors (Lipinski definition) is 0. The van der Waals surface area contributed by atoms with E-state index in [0.717, 1.165) is 5.69 Å². The third-order valence-electron chi connectivity index (χ3n) is 6.87. The Kier molecular flexibility index (Phi) is 7.38. The molecule has 2 fully saturated rings. The molecule has 0 unspecified atom stereocenters. The van der Waals surface area contributed by atoms with E-state index in [-0.39, 0.29) is 35.7 Å². The zero-order valence-electron chi connectivity index (χ0n) is 20.3. The minimum Gasteiger partial charge on any atom is -0.441 e. The maximum atomic E-state index is 14.7. The number of piperidine rings is 1. The SMILES string of the molecule is CC(C)n1cc(CN2CCC3(CC2)CN(c2ccccc2)C(=O)O3)c2c(F)c(F)c(F)c(F)c21.O=C=O. The Balaban J connectivity index is 0.00000102. The van der Waals surface area contributed by atoms with Crippen molar-refractivity contribution in [3.05, 3.63) is 65.4 Å². The van der Waals surface area contributed by atoms with Crippen LogP contribution in [-0.4, -0.2) is 46.9 Å². The van der Waals surface area contributed by atoms with Gasteiger partial charge in [0.15, 0.2) is 23.3 Å². The Morgan fingerprint density at radius 3 is 2.16 bits per heavy atom. The molecule has 1 amide bonds. The van der Waals surface area contributed by atoms with Gasteiger partial charge in [0.25, 0.3) is 0 Å². The number of halogens is 4. The fourth-order valence-corrected chi connectivity index (χ4v) is 5.03. The molecule has 5 rings (SSSR count). The molecule has 3 aromatic rings. The van der Waals surface area contributed by atoms with E-state index in [9.17, 15) is 22.4 Å². The third-order valence-corrected chi connectivity index (χ3v) is 6.87. The first-order valence-electron chi connectivity index (χ1n) is 11.7. The topological polar surface area (TPSA) is 71.8 Å². The molecule has 0 bridgehead atoms. The second-order valence-electron chi connectivity index (χ2n) is 9.47. The first-order valence-corrected chi connectivity index (χ1v) is 11.7. The minimum atomic E-state index is -1.80. The van der Waals surface area contributed by atoms with Gasteiger partial charge in [-0.25, -0.2) is 22.4 Å². The molecule has 2 aliphatic heterocycles. The summed E-state index contributed by atoms with van der Waals surface area (Å²) in [6.45, 7) is 5.32. The molecule has 2 saturated heterocycles. The third kappa shape index (κ3) is 4.84. The predicted octanol–water partition coefficient (Wildman–Crippen LogP) is 5.19. The van der Waals surface area contributed by atoms with Gasteiger partial charge in [-0.1, -0.05) is 18.2 Å². The normalized spacial score (nSPS) is 17.2. The number of anilines is 1. The number of benzene rings is 2. The first-order chi connectivity index (χ1) is 17.6. The molecule has 1 aromatic heterocycles. The van der Waals surface area contributed by atoms with Crippen molar-refractivity contribution in [3.8, 4) is 0 Å². The molecule has 2 aromatic carbocycles.